The van der Waals surface area contributed by atoms with E-state index in [1.165, 1.54) is 63.9 Å². The van der Waals surface area contributed by atoms with Crippen molar-refractivity contribution in [2.45, 2.75) is 137 Å². The van der Waals surface area contributed by atoms with Crippen molar-refractivity contribution in [3.05, 3.63) is 185 Å². The number of rotatable bonds is 22. The maximum Gasteiger partial charge on any atom is 0.333 e. The minimum atomic E-state index is -4.25. The van der Waals surface area contributed by atoms with Crippen LogP contribution in [0.15, 0.2) is 129 Å². The first kappa shape index (κ1) is 84.8. The molecule has 2 aromatic carbocycles. The van der Waals surface area contributed by atoms with E-state index in [1.807, 2.05) is 20.8 Å². The molecule has 12 atom stereocenters. The van der Waals surface area contributed by atoms with Crippen molar-refractivity contribution in [1.29, 1.82) is 0 Å². The summed E-state index contributed by atoms with van der Waals surface area (Å²) in [5.74, 6) is -1.24. The predicted molar refractivity (Wildman–Crippen MR) is 380 cm³/mol. The van der Waals surface area contributed by atoms with Gasteiger partial charge in [0.15, 0.2) is 40.5 Å². The van der Waals surface area contributed by atoms with Gasteiger partial charge in [-0.25, -0.2) is 57.0 Å². The summed E-state index contributed by atoms with van der Waals surface area (Å²) in [6.07, 6.45) is 14.8. The van der Waals surface area contributed by atoms with Crippen LogP contribution in [0, 0.1) is 41.2 Å². The van der Waals surface area contributed by atoms with Crippen LogP contribution in [0.1, 0.15) is 141 Å². The van der Waals surface area contributed by atoms with Crippen LogP contribution in [0.25, 0.3) is 0 Å². The Bertz CT molecular complexity index is 3830. The Hall–Kier alpha value is -8.59. The van der Waals surface area contributed by atoms with E-state index in [2.05, 4.69) is 82.9 Å². The maximum absolute atomic E-state index is 14.8. The van der Waals surface area contributed by atoms with Crippen molar-refractivity contribution in [3.8, 4) is 11.5 Å². The minimum absolute atomic E-state index is 0. The predicted octanol–water partition coefficient (Wildman–Crippen LogP) is 11.5. The van der Waals surface area contributed by atoms with E-state index in [1.54, 1.807) is 98.1 Å². The molecular formula is C70H93BrF5N13O11S. The Balaban J connectivity index is 0.000000295. The zero-order chi connectivity index (χ0) is 72.5. The van der Waals surface area contributed by atoms with Crippen LogP contribution in [-0.2, 0) is 26.4 Å². The van der Waals surface area contributed by atoms with Gasteiger partial charge in [-0.05, 0) is 103 Å². The van der Waals surface area contributed by atoms with Gasteiger partial charge in [-0.15, -0.1) is 0 Å². The fraction of sp³-hybridized carbons (Fsp3) is 0.443. The molecular weight excluding hydrogens is 1410 g/mol. The smallest absolute Gasteiger partial charge is 0.333 e. The van der Waals surface area contributed by atoms with Gasteiger partial charge in [-0.3, -0.25) is 18.6 Å². The molecule has 0 saturated heterocycles. The van der Waals surface area contributed by atoms with Crippen LogP contribution >= 0.6 is 15.9 Å². The average molecular weight is 1500 g/mol. The first-order valence-electron chi connectivity index (χ1n) is 31.9. The van der Waals surface area contributed by atoms with Crippen molar-refractivity contribution in [3.63, 3.8) is 0 Å². The number of nitrogens with two attached hydrogens (primary N) is 1. The average Bonchev–Trinajstić information content (AvgIpc) is 1.67. The summed E-state index contributed by atoms with van der Waals surface area (Å²) in [4.78, 5) is 68.0. The minimum Gasteiger partial charge on any atom is -0.494 e. The van der Waals surface area contributed by atoms with Crippen molar-refractivity contribution in [1.82, 2.24) is 44.4 Å². The number of nitrogens with one attached hydrogen (secondary N) is 5. The lowest BCUT2D eigenvalue weighted by Crippen LogP contribution is -2.33. The van der Waals surface area contributed by atoms with Gasteiger partial charge in [0, 0.05) is 103 Å². The SMILES string of the molecule is C.C.CC.CCO.CC[C@H]1C[C@@H](Nc2ncncc2C(=O)c2cc[nH]c2)[C@@H](F)[C@@H]1C.COc1cc(CBr)ccc1F.COc1cc(Cn2ccc(C(=O)c3cncnc3N[C@@H]3C[C@H](COS(N)(=O)=O)[C@@H](O)[C@@H]3F)c2)ccc1F.C[C@@H]1[C@@H](CO)C[C@@H](Nc2ncncc2C(=O)c2cc[nH]c2)[C@H]1F. The van der Waals surface area contributed by atoms with Crippen LogP contribution in [0.5, 0.6) is 11.5 Å². The van der Waals surface area contributed by atoms with Gasteiger partial charge in [0.25, 0.3) is 0 Å². The molecule has 6 aromatic heterocycles. The summed E-state index contributed by atoms with van der Waals surface area (Å²) < 4.78 is 108. The molecule has 3 fully saturated rings. The number of aromatic amines is 2. The van der Waals surface area contributed by atoms with Gasteiger partial charge in [-0.2, -0.15) is 8.42 Å². The zero-order valence-corrected chi connectivity index (χ0v) is 58.3. The highest BCUT2D eigenvalue weighted by molar-refractivity contribution is 9.08. The third kappa shape index (κ3) is 23.2. The van der Waals surface area contributed by atoms with E-state index < -0.39 is 71.1 Å². The fourth-order valence-corrected chi connectivity index (χ4v) is 12.2. The molecule has 0 spiro atoms. The first-order valence-corrected chi connectivity index (χ1v) is 34.5. The first-order chi connectivity index (χ1) is 47.5. The number of halogens is 6. The molecule has 0 aliphatic heterocycles. The molecule has 6 heterocycles. The van der Waals surface area contributed by atoms with Crippen LogP contribution in [0.4, 0.5) is 39.4 Å². The number of hydrogen-bond acceptors (Lipinski definition) is 20. The van der Waals surface area contributed by atoms with Gasteiger partial charge in [0.1, 0.15) is 55.0 Å². The lowest BCUT2D eigenvalue weighted by atomic mass is 9.95. The molecule has 3 saturated carbocycles. The Labute approximate surface area is 594 Å². The molecule has 3 aliphatic rings. The number of aliphatic hydroxyl groups excluding tert-OH is 3. The zero-order valence-electron chi connectivity index (χ0n) is 55.9. The number of hydrogen-bond donors (Lipinski definition) is 9. The monoisotopic (exact) mass is 1500 g/mol. The maximum atomic E-state index is 14.8. The normalized spacial score (nSPS) is 21.6. The quantitative estimate of drug-likeness (QED) is 0.0173. The molecule has 11 rings (SSSR count). The topological polar surface area (TPSA) is 350 Å². The Morgan fingerprint density at radius 3 is 1.47 bits per heavy atom. The van der Waals surface area contributed by atoms with Gasteiger partial charge in [-0.1, -0.05) is 84.0 Å². The Morgan fingerprint density at radius 2 is 1.07 bits per heavy atom. The number of carbonyl (C=O) groups excluding carboxylic acids is 3. The van der Waals surface area contributed by atoms with E-state index in [0.29, 0.717) is 69.4 Å². The standard InChI is InChI=1S/C23H25F2N5O6S.C17H21FN4O.C16H19FN4O2.C8H8BrFO.C2H6O.C2H6.2CH4/c1-35-19-6-13(2-3-17(19)24)9-30-5-4-14(10-30)21(31)16-8-27-12-28-23(16)29-18-7-15(22(32)20(18)25)11-36-37(26,33)34;1-3-11-6-14(15(18)10(11)2)22-17-13(8-20-9-21-17)16(23)12-4-5-19-7-12;1-9-11(7-22)4-13(14(9)17)21-16-12(6-19-8-20-16)15(23)10-2-3-18-5-10;1-11-8-4-6(5-9)2-3-7(8)10;1-2-3;1-2;;/h2-6,8,10,12,15,18,20,22,32H,7,9,11H2,1H3,(H2,26,33,34)(H,27,28,29);4-5,7-11,14-15,19H,3,6H2,1-2H3,(H,20,21,22);2-3,5-6,8-9,11,13-14,18,22H,4,7H2,1H3,(H,19,20,21);2-4H,5H2,1H3;3H,2H2,1H3;1-2H3;2*1H4/t15-,18-,20-,22-;10-,11+,14-,15+;9-,11-,13-,14+;;;;;/m111...../s1. The highest BCUT2D eigenvalue weighted by Gasteiger charge is 2.45. The van der Waals surface area contributed by atoms with Crippen LogP contribution in [0.2, 0.25) is 0 Å². The number of nitrogens with zero attached hydrogens (tertiary/aromatic N) is 7. The van der Waals surface area contributed by atoms with Crippen molar-refractivity contribution in [2.24, 2.45) is 34.7 Å². The molecule has 8 aromatic rings. The fourth-order valence-electron chi connectivity index (χ4n) is 11.5. The molecule has 10 N–H and O–H groups in total. The van der Waals surface area contributed by atoms with Crippen LogP contribution in [0.3, 0.4) is 0 Å². The number of aliphatic hydroxyl groups is 3. The molecule has 31 heteroatoms. The number of carbonyl (C=O) groups is 3. The van der Waals surface area contributed by atoms with Gasteiger partial charge < -0.3 is 55.3 Å². The van der Waals surface area contributed by atoms with E-state index in [0.717, 1.165) is 24.0 Å². The van der Waals surface area contributed by atoms with E-state index in [4.69, 9.17) is 19.7 Å². The Kier molecular flexibility index (Phi) is 34.7. The molecule has 101 heavy (non-hydrogen) atoms. The third-order valence-corrected chi connectivity index (χ3v) is 18.0. The lowest BCUT2D eigenvalue weighted by molar-refractivity contribution is 0.0501. The number of anilines is 3. The van der Waals surface area contributed by atoms with Crippen molar-refractivity contribution in [2.75, 3.05) is 50.0 Å². The highest BCUT2D eigenvalue weighted by atomic mass is 79.9. The number of H-pyrrole nitrogens is 2. The summed E-state index contributed by atoms with van der Waals surface area (Å²) >= 11 is 3.27. The third-order valence-electron chi connectivity index (χ3n) is 16.8. The number of ketones is 3. The second-order valence-corrected chi connectivity index (χ2v) is 24.9. The summed E-state index contributed by atoms with van der Waals surface area (Å²) in [6.45, 7) is 11.6. The molecule has 0 amide bonds. The second-order valence-electron chi connectivity index (χ2n) is 23.2. The van der Waals surface area contributed by atoms with Gasteiger partial charge >= 0.3 is 10.3 Å². The summed E-state index contributed by atoms with van der Waals surface area (Å²) in [7, 11) is -1.42. The molecule has 0 bridgehead atoms. The number of aromatic nitrogens is 9. The van der Waals surface area contributed by atoms with Crippen molar-refractivity contribution < 1.29 is 73.7 Å². The number of alkyl halides is 4. The van der Waals surface area contributed by atoms with Crippen LogP contribution in [-0.4, -0.2) is 162 Å². The molecule has 0 unspecified atom stereocenters. The van der Waals surface area contributed by atoms with Gasteiger partial charge in [0.2, 0.25) is 0 Å². The van der Waals surface area contributed by atoms with E-state index in [9.17, 15) is 55.0 Å². The highest BCUT2D eigenvalue weighted by Crippen LogP contribution is 2.39. The van der Waals surface area contributed by atoms with Crippen molar-refractivity contribution >= 4 is 61.0 Å². The number of methoxy groups -OCH3 is 2. The van der Waals surface area contributed by atoms with Gasteiger partial charge in [0.05, 0.1) is 61.7 Å². The van der Waals surface area contributed by atoms with E-state index in [-0.39, 0.29) is 92.8 Å². The van der Waals surface area contributed by atoms with Crippen LogP contribution < -0.4 is 30.6 Å². The Morgan fingerprint density at radius 1 is 0.653 bits per heavy atom. The summed E-state index contributed by atoms with van der Waals surface area (Å²) in [6, 6.07) is 12.4. The summed E-state index contributed by atoms with van der Waals surface area (Å²) in [5, 5.41) is 41.6. The molecule has 552 valence electrons. The molecule has 24 nitrogen and oxygen atoms in total. The summed E-state index contributed by atoms with van der Waals surface area (Å²) in [5.41, 5.74) is 3.85. The molecule has 3 aliphatic carbocycles. The second kappa shape index (κ2) is 41.4. The number of benzene rings is 2. The largest absolute Gasteiger partial charge is 0.494 e. The molecule has 0 radical (unpaired) electrons. The van der Waals surface area contributed by atoms with E-state index >= 15 is 0 Å². The number of ether oxygens (including phenoxy) is 2. The lowest BCUT2D eigenvalue weighted by Gasteiger charge is -2.18.